The van der Waals surface area contributed by atoms with E-state index in [0.29, 0.717) is 13.0 Å². The quantitative estimate of drug-likeness (QED) is 0.844. The number of nitrogens with zero attached hydrogens (tertiary/aromatic N) is 2. The highest BCUT2D eigenvalue weighted by Gasteiger charge is 2.27. The standard InChI is InChI=1S/C13H19N3O2/c17-13(18)11-5-10-12(6-14-11)16(8-15-10)7-9-3-1-2-4-9/h8-9,11,14H,1-7H2,(H,17,18). The van der Waals surface area contributed by atoms with E-state index >= 15 is 0 Å². The normalized spacial score (nSPS) is 24.1. The van der Waals surface area contributed by atoms with Crippen molar-refractivity contribution in [3.8, 4) is 0 Å². The summed E-state index contributed by atoms with van der Waals surface area (Å²) < 4.78 is 2.22. The first-order valence-electron chi connectivity index (χ1n) is 6.73. The lowest BCUT2D eigenvalue weighted by atomic mass is 10.0. The number of carboxylic acids is 1. The van der Waals surface area contributed by atoms with E-state index < -0.39 is 12.0 Å². The summed E-state index contributed by atoms with van der Waals surface area (Å²) in [4.78, 5) is 15.3. The predicted octanol–water partition coefficient (Wildman–Crippen LogP) is 1.17. The maximum Gasteiger partial charge on any atom is 0.321 e. The van der Waals surface area contributed by atoms with Gasteiger partial charge in [0.05, 0.1) is 17.7 Å². The van der Waals surface area contributed by atoms with E-state index in [9.17, 15) is 4.79 Å². The van der Waals surface area contributed by atoms with Crippen LogP contribution in [0.5, 0.6) is 0 Å². The maximum absolute atomic E-state index is 11.0. The van der Waals surface area contributed by atoms with Crippen molar-refractivity contribution in [1.82, 2.24) is 14.9 Å². The molecule has 0 aromatic carbocycles. The number of carboxylic acid groups (broad SMARTS) is 1. The third-order valence-corrected chi connectivity index (χ3v) is 4.17. The molecule has 1 saturated carbocycles. The Balaban J connectivity index is 1.73. The molecule has 1 aliphatic carbocycles. The van der Waals surface area contributed by atoms with E-state index in [1.165, 1.54) is 31.4 Å². The second-order valence-corrected chi connectivity index (χ2v) is 5.42. The van der Waals surface area contributed by atoms with Gasteiger partial charge in [0.25, 0.3) is 0 Å². The van der Waals surface area contributed by atoms with Crippen LogP contribution in [0.4, 0.5) is 0 Å². The fourth-order valence-electron chi connectivity index (χ4n) is 3.11. The molecule has 0 radical (unpaired) electrons. The molecule has 18 heavy (non-hydrogen) atoms. The zero-order valence-corrected chi connectivity index (χ0v) is 10.4. The van der Waals surface area contributed by atoms with Crippen LogP contribution >= 0.6 is 0 Å². The van der Waals surface area contributed by atoms with Gasteiger partial charge in [-0.2, -0.15) is 0 Å². The van der Waals surface area contributed by atoms with Gasteiger partial charge < -0.3 is 9.67 Å². The molecule has 98 valence electrons. The first kappa shape index (κ1) is 11.7. The minimum Gasteiger partial charge on any atom is -0.480 e. The molecule has 1 aliphatic heterocycles. The Kier molecular flexibility index (Phi) is 3.07. The van der Waals surface area contributed by atoms with Crippen LogP contribution in [0.3, 0.4) is 0 Å². The number of fused-ring (bicyclic) bond motifs is 1. The van der Waals surface area contributed by atoms with E-state index in [0.717, 1.165) is 18.2 Å². The topological polar surface area (TPSA) is 67.1 Å². The van der Waals surface area contributed by atoms with Crippen LogP contribution < -0.4 is 5.32 Å². The van der Waals surface area contributed by atoms with Gasteiger partial charge >= 0.3 is 5.97 Å². The first-order chi connectivity index (χ1) is 8.74. The van der Waals surface area contributed by atoms with Gasteiger partial charge in [0.2, 0.25) is 0 Å². The smallest absolute Gasteiger partial charge is 0.321 e. The number of rotatable bonds is 3. The fraction of sp³-hybridized carbons (Fsp3) is 0.692. The molecule has 2 heterocycles. The summed E-state index contributed by atoms with van der Waals surface area (Å²) in [5.74, 6) is -0.00788. The molecule has 5 nitrogen and oxygen atoms in total. The van der Waals surface area contributed by atoms with E-state index in [1.807, 2.05) is 6.33 Å². The minimum atomic E-state index is -0.786. The average molecular weight is 249 g/mol. The summed E-state index contributed by atoms with van der Waals surface area (Å²) in [5.41, 5.74) is 2.14. The maximum atomic E-state index is 11.0. The van der Waals surface area contributed by atoms with Crippen molar-refractivity contribution >= 4 is 5.97 Å². The summed E-state index contributed by atoms with van der Waals surface area (Å²) in [6, 6.07) is -0.479. The Hall–Kier alpha value is -1.36. The largest absolute Gasteiger partial charge is 0.480 e. The number of imidazole rings is 1. The third-order valence-electron chi connectivity index (χ3n) is 4.17. The van der Waals surface area contributed by atoms with Crippen LogP contribution in [-0.2, 0) is 24.3 Å². The summed E-state index contributed by atoms with van der Waals surface area (Å²) in [6.07, 6.45) is 7.72. The Morgan fingerprint density at radius 2 is 2.28 bits per heavy atom. The van der Waals surface area contributed by atoms with Gasteiger partial charge in [0.15, 0.2) is 0 Å². The van der Waals surface area contributed by atoms with Crippen molar-refractivity contribution in [1.29, 1.82) is 0 Å². The molecule has 1 aromatic heterocycles. The molecule has 1 aromatic rings. The molecule has 0 saturated heterocycles. The Morgan fingerprint density at radius 3 is 3.00 bits per heavy atom. The highest BCUT2D eigenvalue weighted by molar-refractivity contribution is 5.74. The summed E-state index contributed by atoms with van der Waals surface area (Å²) >= 11 is 0. The van der Waals surface area contributed by atoms with Crippen molar-refractivity contribution in [3.63, 3.8) is 0 Å². The molecule has 0 amide bonds. The zero-order valence-electron chi connectivity index (χ0n) is 10.4. The SMILES string of the molecule is O=C(O)C1Cc2ncn(CC3CCCC3)c2CN1. The summed E-state index contributed by atoms with van der Waals surface area (Å²) in [7, 11) is 0. The Morgan fingerprint density at radius 1 is 1.50 bits per heavy atom. The predicted molar refractivity (Wildman–Crippen MR) is 66.2 cm³/mol. The van der Waals surface area contributed by atoms with Crippen LogP contribution in [-0.4, -0.2) is 26.7 Å². The highest BCUT2D eigenvalue weighted by Crippen LogP contribution is 2.27. The first-order valence-corrected chi connectivity index (χ1v) is 6.73. The van der Waals surface area contributed by atoms with Crippen molar-refractivity contribution in [2.24, 2.45) is 5.92 Å². The number of hydrogen-bond donors (Lipinski definition) is 2. The third kappa shape index (κ3) is 2.14. The van der Waals surface area contributed by atoms with E-state index in [2.05, 4.69) is 14.9 Å². The Bertz CT molecular complexity index is 449. The molecule has 2 N–H and O–H groups in total. The zero-order chi connectivity index (χ0) is 12.5. The lowest BCUT2D eigenvalue weighted by Gasteiger charge is -2.22. The molecule has 5 heteroatoms. The van der Waals surface area contributed by atoms with Crippen LogP contribution in [0.25, 0.3) is 0 Å². The number of nitrogens with one attached hydrogen (secondary N) is 1. The molecule has 1 atom stereocenters. The van der Waals surface area contributed by atoms with Crippen molar-refractivity contribution in [2.75, 3.05) is 0 Å². The number of aliphatic carboxylic acids is 1. The average Bonchev–Trinajstić information content (AvgIpc) is 2.99. The van der Waals surface area contributed by atoms with E-state index in [-0.39, 0.29) is 0 Å². The molecular weight excluding hydrogens is 230 g/mol. The fourth-order valence-corrected chi connectivity index (χ4v) is 3.11. The minimum absolute atomic E-state index is 0.479. The van der Waals surface area contributed by atoms with E-state index in [1.54, 1.807) is 0 Å². The summed E-state index contributed by atoms with van der Waals surface area (Å²) in [5, 5.41) is 12.1. The van der Waals surface area contributed by atoms with Crippen LogP contribution in [0.2, 0.25) is 0 Å². The summed E-state index contributed by atoms with van der Waals surface area (Å²) in [6.45, 7) is 1.67. The second-order valence-electron chi connectivity index (χ2n) is 5.42. The highest BCUT2D eigenvalue weighted by atomic mass is 16.4. The number of hydrogen-bond acceptors (Lipinski definition) is 3. The Labute approximate surface area is 106 Å². The lowest BCUT2D eigenvalue weighted by Crippen LogP contribution is -2.42. The van der Waals surface area contributed by atoms with Gasteiger partial charge in [0.1, 0.15) is 6.04 Å². The molecule has 3 rings (SSSR count). The second kappa shape index (κ2) is 4.72. The molecule has 2 aliphatic rings. The van der Waals surface area contributed by atoms with Gasteiger partial charge in [0, 0.05) is 19.5 Å². The number of aromatic nitrogens is 2. The van der Waals surface area contributed by atoms with Crippen LogP contribution in [0, 0.1) is 5.92 Å². The molecule has 0 bridgehead atoms. The van der Waals surface area contributed by atoms with Crippen LogP contribution in [0.1, 0.15) is 37.1 Å². The van der Waals surface area contributed by atoms with Gasteiger partial charge in [-0.3, -0.25) is 10.1 Å². The van der Waals surface area contributed by atoms with E-state index in [4.69, 9.17) is 5.11 Å². The lowest BCUT2D eigenvalue weighted by molar-refractivity contribution is -0.139. The van der Waals surface area contributed by atoms with Crippen molar-refractivity contribution in [2.45, 2.75) is 51.2 Å². The van der Waals surface area contributed by atoms with Crippen molar-refractivity contribution < 1.29 is 9.90 Å². The van der Waals surface area contributed by atoms with Gasteiger partial charge in [-0.05, 0) is 18.8 Å². The van der Waals surface area contributed by atoms with Crippen LogP contribution in [0.15, 0.2) is 6.33 Å². The van der Waals surface area contributed by atoms with Crippen molar-refractivity contribution in [3.05, 3.63) is 17.7 Å². The molecular formula is C13H19N3O2. The monoisotopic (exact) mass is 249 g/mol. The van der Waals surface area contributed by atoms with Gasteiger partial charge in [-0.15, -0.1) is 0 Å². The number of carbonyl (C=O) groups is 1. The molecule has 0 spiro atoms. The molecule has 1 fully saturated rings. The van der Waals surface area contributed by atoms with Gasteiger partial charge in [-0.1, -0.05) is 12.8 Å². The van der Waals surface area contributed by atoms with Gasteiger partial charge in [-0.25, -0.2) is 4.98 Å². The molecule has 1 unspecified atom stereocenters.